The highest BCUT2D eigenvalue weighted by atomic mass is 19.1. The van der Waals surface area contributed by atoms with E-state index in [0.29, 0.717) is 26.2 Å². The van der Waals surface area contributed by atoms with E-state index < -0.39 is 17.8 Å². The lowest BCUT2D eigenvalue weighted by atomic mass is 10.2. The molecule has 1 heterocycles. The van der Waals surface area contributed by atoms with Gasteiger partial charge in [-0.3, -0.25) is 14.5 Å². The zero-order valence-corrected chi connectivity index (χ0v) is 13.3. The molecular weight excluding hydrogens is 299 g/mol. The molecule has 0 saturated carbocycles. The fourth-order valence-electron chi connectivity index (χ4n) is 2.55. The molecule has 1 aromatic rings. The smallest absolute Gasteiger partial charge is 0.254 e. The molecule has 0 bridgehead atoms. The number of carbonyl (C=O) groups excluding carboxylic acids is 2. The van der Waals surface area contributed by atoms with E-state index in [1.54, 1.807) is 24.0 Å². The SMILES string of the molecule is CC(N)C(=O)N1CCN(CCNC(=O)c2ccccc2F)CC1. The van der Waals surface area contributed by atoms with Crippen molar-refractivity contribution in [2.24, 2.45) is 5.73 Å². The molecule has 7 heteroatoms. The van der Waals surface area contributed by atoms with Crippen molar-refractivity contribution in [3.05, 3.63) is 35.6 Å². The molecule has 6 nitrogen and oxygen atoms in total. The summed E-state index contributed by atoms with van der Waals surface area (Å²) in [5.41, 5.74) is 5.65. The lowest BCUT2D eigenvalue weighted by Gasteiger charge is -2.35. The highest BCUT2D eigenvalue weighted by Gasteiger charge is 2.22. The second-order valence-corrected chi connectivity index (χ2v) is 5.69. The highest BCUT2D eigenvalue weighted by molar-refractivity contribution is 5.94. The maximum Gasteiger partial charge on any atom is 0.254 e. The normalized spacial score (nSPS) is 16.9. The van der Waals surface area contributed by atoms with E-state index in [9.17, 15) is 14.0 Å². The van der Waals surface area contributed by atoms with Crippen molar-refractivity contribution >= 4 is 11.8 Å². The van der Waals surface area contributed by atoms with Crippen LogP contribution in [0.2, 0.25) is 0 Å². The number of halogens is 1. The minimum absolute atomic E-state index is 0.0301. The summed E-state index contributed by atoms with van der Waals surface area (Å²) in [5.74, 6) is -0.959. The molecule has 2 amide bonds. The van der Waals surface area contributed by atoms with Crippen molar-refractivity contribution in [2.75, 3.05) is 39.3 Å². The number of carbonyl (C=O) groups is 2. The van der Waals surface area contributed by atoms with E-state index >= 15 is 0 Å². The van der Waals surface area contributed by atoms with Gasteiger partial charge in [0, 0.05) is 39.3 Å². The third-order valence-corrected chi connectivity index (χ3v) is 3.91. The van der Waals surface area contributed by atoms with Crippen LogP contribution in [0.3, 0.4) is 0 Å². The van der Waals surface area contributed by atoms with Crippen LogP contribution in [0.5, 0.6) is 0 Å². The van der Waals surface area contributed by atoms with E-state index in [1.165, 1.54) is 12.1 Å². The number of nitrogens with zero attached hydrogens (tertiary/aromatic N) is 2. The van der Waals surface area contributed by atoms with E-state index in [-0.39, 0.29) is 11.5 Å². The summed E-state index contributed by atoms with van der Waals surface area (Å²) in [6.07, 6.45) is 0. The Hall–Kier alpha value is -1.99. The standard InChI is InChI=1S/C16H23FN4O2/c1-12(18)16(23)21-10-8-20(9-11-21)7-6-19-15(22)13-4-2-3-5-14(13)17/h2-5,12H,6-11,18H2,1H3,(H,19,22). The first kappa shape index (κ1) is 17.4. The van der Waals surface area contributed by atoms with Gasteiger partial charge in [-0.25, -0.2) is 4.39 Å². The summed E-state index contributed by atoms with van der Waals surface area (Å²) in [5, 5.41) is 2.72. The third-order valence-electron chi connectivity index (χ3n) is 3.91. The highest BCUT2D eigenvalue weighted by Crippen LogP contribution is 2.06. The minimum Gasteiger partial charge on any atom is -0.351 e. The molecule has 126 valence electrons. The first-order valence-corrected chi connectivity index (χ1v) is 7.78. The van der Waals surface area contributed by atoms with Crippen molar-refractivity contribution in [1.82, 2.24) is 15.1 Å². The average Bonchev–Trinajstić information content (AvgIpc) is 2.55. The zero-order valence-electron chi connectivity index (χ0n) is 13.3. The van der Waals surface area contributed by atoms with Gasteiger partial charge >= 0.3 is 0 Å². The summed E-state index contributed by atoms with van der Waals surface area (Å²) in [6.45, 7) is 5.56. The van der Waals surface area contributed by atoms with Crippen LogP contribution in [0, 0.1) is 5.82 Å². The molecule has 1 aromatic carbocycles. The third kappa shape index (κ3) is 4.74. The van der Waals surface area contributed by atoms with Gasteiger partial charge in [-0.1, -0.05) is 12.1 Å². The monoisotopic (exact) mass is 322 g/mol. The van der Waals surface area contributed by atoms with Crippen LogP contribution in [0.15, 0.2) is 24.3 Å². The van der Waals surface area contributed by atoms with Crippen molar-refractivity contribution in [2.45, 2.75) is 13.0 Å². The molecule has 0 radical (unpaired) electrons. The predicted octanol–water partition coefficient (Wildman–Crippen LogP) is 0.0469. The topological polar surface area (TPSA) is 78.7 Å². The van der Waals surface area contributed by atoms with E-state index in [1.807, 2.05) is 0 Å². The quantitative estimate of drug-likeness (QED) is 0.803. The molecular formula is C16H23FN4O2. The number of rotatable bonds is 5. The molecule has 1 unspecified atom stereocenters. The van der Waals surface area contributed by atoms with Gasteiger partial charge in [-0.05, 0) is 19.1 Å². The number of hydrogen-bond donors (Lipinski definition) is 2. The molecule has 1 aliphatic heterocycles. The van der Waals surface area contributed by atoms with Gasteiger partial charge in [0.05, 0.1) is 11.6 Å². The molecule has 2 rings (SSSR count). The molecule has 1 aliphatic rings. The Kier molecular flexibility index (Phi) is 6.06. The Bertz CT molecular complexity index is 557. The van der Waals surface area contributed by atoms with Gasteiger partial charge in [0.25, 0.3) is 5.91 Å². The summed E-state index contributed by atoms with van der Waals surface area (Å²) in [7, 11) is 0. The Labute approximate surface area is 135 Å². The first-order chi connectivity index (χ1) is 11.0. The van der Waals surface area contributed by atoms with Gasteiger partial charge < -0.3 is 16.0 Å². The Balaban J connectivity index is 1.71. The summed E-state index contributed by atoms with van der Waals surface area (Å²) >= 11 is 0. The Morgan fingerprint density at radius 2 is 1.91 bits per heavy atom. The van der Waals surface area contributed by atoms with Crippen molar-refractivity contribution in [3.8, 4) is 0 Å². The number of amides is 2. The minimum atomic E-state index is -0.520. The second-order valence-electron chi connectivity index (χ2n) is 5.69. The fraction of sp³-hybridized carbons (Fsp3) is 0.500. The van der Waals surface area contributed by atoms with Gasteiger partial charge in [0.2, 0.25) is 5.91 Å². The summed E-state index contributed by atoms with van der Waals surface area (Å²) < 4.78 is 13.5. The number of hydrogen-bond acceptors (Lipinski definition) is 4. The van der Waals surface area contributed by atoms with E-state index in [0.717, 1.165) is 13.1 Å². The van der Waals surface area contributed by atoms with Gasteiger partial charge in [-0.2, -0.15) is 0 Å². The molecule has 3 N–H and O–H groups in total. The van der Waals surface area contributed by atoms with E-state index in [2.05, 4.69) is 10.2 Å². The Morgan fingerprint density at radius 3 is 2.52 bits per heavy atom. The van der Waals surface area contributed by atoms with Gasteiger partial charge in [-0.15, -0.1) is 0 Å². The molecule has 0 aliphatic carbocycles. The van der Waals surface area contributed by atoms with Crippen molar-refractivity contribution in [3.63, 3.8) is 0 Å². The molecule has 1 saturated heterocycles. The number of nitrogens with two attached hydrogens (primary N) is 1. The van der Waals surface area contributed by atoms with Crippen molar-refractivity contribution < 1.29 is 14.0 Å². The largest absolute Gasteiger partial charge is 0.351 e. The number of nitrogens with one attached hydrogen (secondary N) is 1. The number of benzene rings is 1. The fourth-order valence-corrected chi connectivity index (χ4v) is 2.55. The second kappa shape index (κ2) is 8.03. The maximum absolute atomic E-state index is 13.5. The van der Waals surface area contributed by atoms with Crippen LogP contribution in [0.4, 0.5) is 4.39 Å². The Morgan fingerprint density at radius 1 is 1.26 bits per heavy atom. The summed E-state index contributed by atoms with van der Waals surface area (Å²) in [6, 6.07) is 5.44. The van der Waals surface area contributed by atoms with Crippen molar-refractivity contribution in [1.29, 1.82) is 0 Å². The first-order valence-electron chi connectivity index (χ1n) is 7.78. The van der Waals surface area contributed by atoms with Crippen LogP contribution in [0.1, 0.15) is 17.3 Å². The molecule has 0 aromatic heterocycles. The zero-order chi connectivity index (χ0) is 16.8. The van der Waals surface area contributed by atoms with Crippen LogP contribution in [-0.2, 0) is 4.79 Å². The predicted molar refractivity (Wildman–Crippen MR) is 85.4 cm³/mol. The molecule has 1 atom stereocenters. The lowest BCUT2D eigenvalue weighted by Crippen LogP contribution is -2.53. The number of piperazine rings is 1. The van der Waals surface area contributed by atoms with Crippen LogP contribution in [0.25, 0.3) is 0 Å². The molecule has 1 fully saturated rings. The van der Waals surface area contributed by atoms with Gasteiger partial charge in [0.1, 0.15) is 5.82 Å². The summed E-state index contributed by atoms with van der Waals surface area (Å²) in [4.78, 5) is 27.6. The lowest BCUT2D eigenvalue weighted by molar-refractivity contribution is -0.133. The van der Waals surface area contributed by atoms with Crippen LogP contribution < -0.4 is 11.1 Å². The van der Waals surface area contributed by atoms with E-state index in [4.69, 9.17) is 5.73 Å². The average molecular weight is 322 g/mol. The maximum atomic E-state index is 13.5. The molecule has 23 heavy (non-hydrogen) atoms. The molecule has 0 spiro atoms. The van der Waals surface area contributed by atoms with Crippen LogP contribution in [-0.4, -0.2) is 66.9 Å². The van der Waals surface area contributed by atoms with Crippen LogP contribution >= 0.6 is 0 Å². The van der Waals surface area contributed by atoms with Gasteiger partial charge in [0.15, 0.2) is 0 Å².